The lowest BCUT2D eigenvalue weighted by atomic mass is 9.99. The number of nitrogens with one attached hydrogen (secondary N) is 2. The van der Waals surface area contributed by atoms with E-state index in [2.05, 4.69) is 73.9 Å². The summed E-state index contributed by atoms with van der Waals surface area (Å²) >= 11 is 12.8. The molecule has 4 fully saturated rings. The number of hydrogen-bond acceptors (Lipinski definition) is 10. The van der Waals surface area contributed by atoms with E-state index in [1.54, 1.807) is 0 Å². The van der Waals surface area contributed by atoms with Crippen LogP contribution in [0, 0.1) is 11.8 Å². The zero-order valence-corrected chi connectivity index (χ0v) is 30.4. The van der Waals surface area contributed by atoms with Crippen LogP contribution in [-0.2, 0) is 33.1 Å². The Balaban J connectivity index is -0.000000201. The lowest BCUT2D eigenvalue weighted by Gasteiger charge is -2.30. The highest BCUT2D eigenvalue weighted by molar-refractivity contribution is 7.89. The maximum absolute atomic E-state index is 8.88. The second-order valence-corrected chi connectivity index (χ2v) is 9.69. The van der Waals surface area contributed by atoms with Crippen LogP contribution in [0.3, 0.4) is 0 Å². The van der Waals surface area contributed by atoms with Gasteiger partial charge in [0.15, 0.2) is 0 Å². The molecule has 40 heavy (non-hydrogen) atoms. The number of nitrogens with zero attached hydrogens (tertiary/aromatic N) is 2. The number of halogens is 2. The van der Waals surface area contributed by atoms with Crippen LogP contribution in [0.4, 0.5) is 0 Å². The van der Waals surface area contributed by atoms with Gasteiger partial charge in [0.2, 0.25) is 0 Å². The normalized spacial score (nSPS) is 22.2. The van der Waals surface area contributed by atoms with Crippen LogP contribution in [0.25, 0.3) is 0 Å². The van der Waals surface area contributed by atoms with Gasteiger partial charge >= 0.3 is 0 Å². The fourth-order valence-corrected chi connectivity index (χ4v) is 4.10. The number of ether oxygens (including phenoxy) is 2. The standard InChI is InChI=1S/C8H17NO.2C6H13NO.C4H9NO.C2H5Cl.ClH.2HPS/c1-2-9-5-3-4-8(6-9)7-10;1-2-7-3-5-8-6-4-7;8-5-6-2-1-3-7-4-6;1-3-6-4-2-5-1;1-2-3;;2*1-2/h8,10H,2-7H2,1H3;2-6H2,1H3;6-8H,1-5H2;5H,1-4H2;2H2,1H3;1H;2*1H. The monoisotopic (exact) mass is 688 g/mol. The van der Waals surface area contributed by atoms with E-state index in [1.807, 2.05) is 6.92 Å². The highest BCUT2D eigenvalue weighted by atomic mass is 35.5. The lowest BCUT2D eigenvalue weighted by Crippen LogP contribution is -2.36. The first-order valence-corrected chi connectivity index (χ1v) is 18.1. The maximum Gasteiger partial charge on any atom is 0.0594 e. The van der Waals surface area contributed by atoms with Gasteiger partial charge in [-0.2, -0.15) is 0 Å². The van der Waals surface area contributed by atoms with Gasteiger partial charge in [-0.1, -0.05) is 44.4 Å². The first-order valence-electron chi connectivity index (χ1n) is 14.3. The van der Waals surface area contributed by atoms with Gasteiger partial charge in [-0.25, -0.2) is 0 Å². The Morgan fingerprint density at radius 2 is 1.25 bits per heavy atom. The van der Waals surface area contributed by atoms with Crippen LogP contribution in [-0.4, -0.2) is 131 Å². The van der Waals surface area contributed by atoms with Gasteiger partial charge in [0.25, 0.3) is 0 Å². The molecule has 0 saturated carbocycles. The average molecular weight is 690 g/mol. The lowest BCUT2D eigenvalue weighted by molar-refractivity contribution is 0.0405. The molecule has 4 saturated heterocycles. The number of piperidine rings is 2. The average Bonchev–Trinajstić information content (AvgIpc) is 3.06. The topological polar surface area (TPSA) is 89.5 Å². The highest BCUT2D eigenvalue weighted by Crippen LogP contribution is 2.14. The van der Waals surface area contributed by atoms with Crippen molar-refractivity contribution in [3.05, 3.63) is 0 Å². The molecule has 0 amide bonds. The fourth-order valence-electron chi connectivity index (χ4n) is 4.10. The van der Waals surface area contributed by atoms with Crippen LogP contribution in [0.2, 0.25) is 0 Å². The Kier molecular flexibility index (Phi) is 51.1. The third-order valence-corrected chi connectivity index (χ3v) is 6.36. The number of rotatable bonds is 4. The van der Waals surface area contributed by atoms with Gasteiger partial charge in [0, 0.05) is 58.4 Å². The van der Waals surface area contributed by atoms with Crippen LogP contribution in [0.5, 0.6) is 0 Å². The van der Waals surface area contributed by atoms with Crippen molar-refractivity contribution in [2.75, 3.05) is 111 Å². The molecule has 4 rings (SSSR count). The molecule has 0 bridgehead atoms. The number of alkyl halides is 1. The van der Waals surface area contributed by atoms with Crippen molar-refractivity contribution in [3.8, 4) is 0 Å². The van der Waals surface area contributed by atoms with E-state index < -0.39 is 0 Å². The van der Waals surface area contributed by atoms with Gasteiger partial charge in [-0.05, 0) is 79.7 Å². The first-order chi connectivity index (χ1) is 19.1. The third kappa shape index (κ3) is 33.8. The van der Waals surface area contributed by atoms with E-state index in [0.717, 1.165) is 84.7 Å². The predicted octanol–water partition coefficient (Wildman–Crippen LogP) is 3.48. The van der Waals surface area contributed by atoms with Crippen molar-refractivity contribution < 1.29 is 19.7 Å². The molecule has 4 heterocycles. The number of likely N-dealkylation sites (N-methyl/N-ethyl adjacent to an activating group) is 1. The first kappa shape index (κ1) is 48.2. The number of morpholine rings is 2. The molecule has 0 aromatic rings. The summed E-state index contributed by atoms with van der Waals surface area (Å²) in [4.78, 5) is 4.80. The molecule has 4 N–H and O–H groups in total. The van der Waals surface area contributed by atoms with Crippen LogP contribution >= 0.6 is 40.0 Å². The summed E-state index contributed by atoms with van der Waals surface area (Å²) in [6.45, 7) is 21.7. The molecule has 0 aromatic carbocycles. The van der Waals surface area contributed by atoms with Crippen LogP contribution in [0.15, 0.2) is 0 Å². The second kappa shape index (κ2) is 42.4. The summed E-state index contributed by atoms with van der Waals surface area (Å²) < 4.78 is 10.2. The maximum atomic E-state index is 8.88. The van der Waals surface area contributed by atoms with E-state index in [9.17, 15) is 0 Å². The van der Waals surface area contributed by atoms with Gasteiger partial charge < -0.3 is 35.2 Å². The Bertz CT molecular complexity index is 423. The summed E-state index contributed by atoms with van der Waals surface area (Å²) in [6, 6.07) is 0. The van der Waals surface area contributed by atoms with Crippen molar-refractivity contribution in [1.82, 2.24) is 20.4 Å². The van der Waals surface area contributed by atoms with Crippen molar-refractivity contribution >= 4 is 63.7 Å². The molecule has 4 aliphatic heterocycles. The minimum absolute atomic E-state index is 0. The smallest absolute Gasteiger partial charge is 0.0594 e. The summed E-state index contributed by atoms with van der Waals surface area (Å²) in [6.07, 6.45) is 4.90. The second-order valence-electron chi connectivity index (χ2n) is 9.16. The zero-order valence-electron chi connectivity index (χ0n) is 25.2. The molecular formula is C26H60Cl2N4O4P2S2. The van der Waals surface area contributed by atoms with Gasteiger partial charge in [0.1, 0.15) is 0 Å². The number of aliphatic hydroxyl groups excluding tert-OH is 2. The number of aliphatic hydroxyl groups is 2. The van der Waals surface area contributed by atoms with Gasteiger partial charge in [0.05, 0.1) is 26.4 Å². The molecule has 2 atom stereocenters. The third-order valence-electron chi connectivity index (χ3n) is 6.36. The molecule has 8 nitrogen and oxygen atoms in total. The van der Waals surface area contributed by atoms with Crippen molar-refractivity contribution in [3.63, 3.8) is 0 Å². The van der Waals surface area contributed by atoms with Crippen molar-refractivity contribution in [2.45, 2.75) is 46.5 Å². The highest BCUT2D eigenvalue weighted by Gasteiger charge is 2.17. The van der Waals surface area contributed by atoms with Crippen LogP contribution < -0.4 is 10.6 Å². The zero-order chi connectivity index (χ0) is 30.0. The molecule has 244 valence electrons. The van der Waals surface area contributed by atoms with E-state index in [4.69, 9.17) is 31.3 Å². The van der Waals surface area contributed by atoms with Gasteiger partial charge in [-0.3, -0.25) is 4.90 Å². The van der Waals surface area contributed by atoms with E-state index in [0.29, 0.717) is 25.0 Å². The molecule has 4 aliphatic rings. The molecule has 2 unspecified atom stereocenters. The van der Waals surface area contributed by atoms with E-state index in [-0.39, 0.29) is 12.4 Å². The summed E-state index contributed by atoms with van der Waals surface area (Å²) in [5, 5.41) is 23.9. The van der Waals surface area contributed by atoms with E-state index >= 15 is 0 Å². The predicted molar refractivity (Wildman–Crippen MR) is 186 cm³/mol. The summed E-state index contributed by atoms with van der Waals surface area (Å²) in [5.74, 6) is 1.80. The van der Waals surface area contributed by atoms with E-state index in [1.165, 1.54) is 38.8 Å². The largest absolute Gasteiger partial charge is 0.396 e. The molecule has 0 spiro atoms. The number of hydrogen-bond donors (Lipinski definition) is 4. The van der Waals surface area contributed by atoms with Crippen LogP contribution in [0.1, 0.15) is 46.5 Å². The minimum Gasteiger partial charge on any atom is -0.396 e. The minimum atomic E-state index is 0. The molecule has 0 aliphatic carbocycles. The Hall–Kier alpha value is 1.30. The Labute approximate surface area is 271 Å². The fraction of sp³-hybridized carbons (Fsp3) is 1.00. The SMILES string of the molecule is C1COCCN1.CCCl.CCN1CCCC(CO)C1.CCN1CCOCC1.Cl.OCC1CCCNC1.P=S.P=S. The quantitative estimate of drug-likeness (QED) is 0.260. The molecule has 0 aromatic heterocycles. The molecule has 0 radical (unpaired) electrons. The number of likely N-dealkylation sites (tertiary alicyclic amines) is 1. The van der Waals surface area contributed by atoms with Gasteiger partial charge in [-0.15, -0.1) is 24.0 Å². The van der Waals surface area contributed by atoms with Crippen molar-refractivity contribution in [1.29, 1.82) is 0 Å². The molecule has 14 heteroatoms. The van der Waals surface area contributed by atoms with Crippen molar-refractivity contribution in [2.24, 2.45) is 11.8 Å². The summed E-state index contributed by atoms with van der Waals surface area (Å²) in [5.41, 5.74) is 0. The Morgan fingerprint density at radius 3 is 1.57 bits per heavy atom. The Morgan fingerprint density at radius 1 is 0.750 bits per heavy atom. The molecular weight excluding hydrogens is 629 g/mol. The summed E-state index contributed by atoms with van der Waals surface area (Å²) in [7, 11) is 5.11.